The number of aliphatic carboxylic acids is 1. The lowest BCUT2D eigenvalue weighted by Gasteiger charge is -2.31. The number of carbonyl (C=O) groups is 2. The van der Waals surface area contributed by atoms with Crippen molar-refractivity contribution in [2.75, 3.05) is 6.54 Å². The smallest absolute Gasteiger partial charge is 0.326 e. The highest BCUT2D eigenvalue weighted by atomic mass is 16.5. The molecule has 17 heavy (non-hydrogen) atoms. The molecule has 1 saturated heterocycles. The van der Waals surface area contributed by atoms with Gasteiger partial charge in [0.05, 0.1) is 5.69 Å². The second kappa shape index (κ2) is 4.57. The maximum atomic E-state index is 12.1. The van der Waals surface area contributed by atoms with Crippen molar-refractivity contribution >= 4 is 11.9 Å². The van der Waals surface area contributed by atoms with E-state index < -0.39 is 17.9 Å². The van der Waals surface area contributed by atoms with Gasteiger partial charge in [0.2, 0.25) is 5.76 Å². The van der Waals surface area contributed by atoms with Crippen LogP contribution in [0.1, 0.15) is 35.5 Å². The molecule has 1 aromatic rings. The van der Waals surface area contributed by atoms with Crippen LogP contribution in [0.2, 0.25) is 0 Å². The van der Waals surface area contributed by atoms with E-state index in [1.165, 1.54) is 11.0 Å². The molecule has 92 valence electrons. The van der Waals surface area contributed by atoms with Gasteiger partial charge in [0.1, 0.15) is 6.04 Å². The first-order chi connectivity index (χ1) is 8.09. The van der Waals surface area contributed by atoms with Crippen molar-refractivity contribution in [3.05, 3.63) is 17.5 Å². The third-order valence-corrected chi connectivity index (χ3v) is 2.89. The van der Waals surface area contributed by atoms with Crippen molar-refractivity contribution in [2.45, 2.75) is 32.2 Å². The molecule has 0 aromatic carbocycles. The van der Waals surface area contributed by atoms with Gasteiger partial charge in [-0.1, -0.05) is 5.16 Å². The number of carboxylic acids is 1. The molecular weight excluding hydrogens is 224 g/mol. The van der Waals surface area contributed by atoms with Crippen molar-refractivity contribution in [1.82, 2.24) is 10.1 Å². The van der Waals surface area contributed by atoms with Gasteiger partial charge in [0.15, 0.2) is 0 Å². The van der Waals surface area contributed by atoms with Crippen LogP contribution in [-0.2, 0) is 4.79 Å². The number of likely N-dealkylation sites (tertiary alicyclic amines) is 1. The predicted octanol–water partition coefficient (Wildman–Crippen LogP) is 1.06. The molecule has 6 nitrogen and oxygen atoms in total. The summed E-state index contributed by atoms with van der Waals surface area (Å²) in [6, 6.07) is 0.775. The van der Waals surface area contributed by atoms with Crippen LogP contribution in [0, 0.1) is 6.92 Å². The maximum Gasteiger partial charge on any atom is 0.326 e. The fraction of sp³-hybridized carbons (Fsp3) is 0.545. The summed E-state index contributed by atoms with van der Waals surface area (Å²) in [5.41, 5.74) is 0.609. The number of amides is 1. The van der Waals surface area contributed by atoms with Gasteiger partial charge in [-0.2, -0.15) is 0 Å². The van der Waals surface area contributed by atoms with Gasteiger partial charge < -0.3 is 14.5 Å². The molecule has 1 fully saturated rings. The molecular formula is C11H14N2O4. The highest BCUT2D eigenvalue weighted by Gasteiger charge is 2.33. The molecule has 1 amide bonds. The zero-order valence-electron chi connectivity index (χ0n) is 9.55. The van der Waals surface area contributed by atoms with Gasteiger partial charge in [0, 0.05) is 12.6 Å². The lowest BCUT2D eigenvalue weighted by atomic mass is 10.0. The summed E-state index contributed by atoms with van der Waals surface area (Å²) in [6.45, 7) is 2.17. The lowest BCUT2D eigenvalue weighted by Crippen LogP contribution is -2.47. The number of aryl methyl sites for hydroxylation is 1. The highest BCUT2D eigenvalue weighted by molar-refractivity contribution is 5.94. The Balaban J connectivity index is 2.19. The zero-order chi connectivity index (χ0) is 12.4. The molecule has 0 radical (unpaired) electrons. The Hall–Kier alpha value is -1.85. The molecule has 6 heteroatoms. The molecule has 0 saturated carbocycles. The van der Waals surface area contributed by atoms with Crippen molar-refractivity contribution in [3.63, 3.8) is 0 Å². The summed E-state index contributed by atoms with van der Waals surface area (Å²) in [5, 5.41) is 12.7. The van der Waals surface area contributed by atoms with E-state index in [0.29, 0.717) is 18.7 Å². The minimum Gasteiger partial charge on any atom is -0.480 e. The number of carbonyl (C=O) groups excluding carboxylic acids is 1. The molecule has 1 aromatic heterocycles. The molecule has 1 N–H and O–H groups in total. The van der Waals surface area contributed by atoms with Gasteiger partial charge in [-0.25, -0.2) is 4.79 Å². The first-order valence-electron chi connectivity index (χ1n) is 5.56. The molecule has 0 unspecified atom stereocenters. The first-order valence-corrected chi connectivity index (χ1v) is 5.56. The monoisotopic (exact) mass is 238 g/mol. The first kappa shape index (κ1) is 11.6. The number of piperidine rings is 1. The van der Waals surface area contributed by atoms with Crippen molar-refractivity contribution in [2.24, 2.45) is 0 Å². The SMILES string of the molecule is Cc1cc(C(=O)N2CCCC[C@@H]2C(=O)O)on1. The minimum atomic E-state index is -0.964. The Morgan fingerprint density at radius 3 is 2.88 bits per heavy atom. The van der Waals surface area contributed by atoms with E-state index in [4.69, 9.17) is 9.63 Å². The fourth-order valence-corrected chi connectivity index (χ4v) is 2.04. The van der Waals surface area contributed by atoms with E-state index in [1.807, 2.05) is 0 Å². The third kappa shape index (κ3) is 2.30. The van der Waals surface area contributed by atoms with E-state index >= 15 is 0 Å². The maximum absolute atomic E-state index is 12.1. The number of hydrogen-bond donors (Lipinski definition) is 1. The predicted molar refractivity (Wildman–Crippen MR) is 57.6 cm³/mol. The van der Waals surface area contributed by atoms with E-state index in [2.05, 4.69) is 5.16 Å². The fourth-order valence-electron chi connectivity index (χ4n) is 2.04. The van der Waals surface area contributed by atoms with Crippen LogP contribution in [0.5, 0.6) is 0 Å². The van der Waals surface area contributed by atoms with Crippen molar-refractivity contribution in [3.8, 4) is 0 Å². The number of nitrogens with zero attached hydrogens (tertiary/aromatic N) is 2. The zero-order valence-corrected chi connectivity index (χ0v) is 9.55. The number of rotatable bonds is 2. The Morgan fingerprint density at radius 1 is 1.53 bits per heavy atom. The Bertz CT molecular complexity index is 440. The van der Waals surface area contributed by atoms with Crippen LogP contribution < -0.4 is 0 Å². The number of hydrogen-bond acceptors (Lipinski definition) is 4. The second-order valence-electron chi connectivity index (χ2n) is 4.18. The second-order valence-corrected chi connectivity index (χ2v) is 4.18. The standard InChI is InChI=1S/C11H14N2O4/c1-7-6-9(17-12-7)10(14)13-5-3-2-4-8(13)11(15)16/h6,8H,2-5H2,1H3,(H,15,16)/t8-/m1/s1. The Kier molecular flexibility index (Phi) is 3.12. The molecule has 1 aliphatic heterocycles. The van der Waals surface area contributed by atoms with Crippen LogP contribution in [-0.4, -0.2) is 39.6 Å². The number of carboxylic acid groups (broad SMARTS) is 1. The minimum absolute atomic E-state index is 0.107. The Labute approximate surface area is 98.2 Å². The summed E-state index contributed by atoms with van der Waals surface area (Å²) in [7, 11) is 0. The third-order valence-electron chi connectivity index (χ3n) is 2.89. The molecule has 0 spiro atoms. The van der Waals surface area contributed by atoms with Gasteiger partial charge in [-0.15, -0.1) is 0 Å². The summed E-state index contributed by atoms with van der Waals surface area (Å²) < 4.78 is 4.87. The summed E-state index contributed by atoms with van der Waals surface area (Å²) in [6.07, 6.45) is 2.15. The average molecular weight is 238 g/mol. The summed E-state index contributed by atoms with van der Waals surface area (Å²) in [5.74, 6) is -1.25. The highest BCUT2D eigenvalue weighted by Crippen LogP contribution is 2.20. The van der Waals surface area contributed by atoms with Crippen LogP contribution >= 0.6 is 0 Å². The van der Waals surface area contributed by atoms with Crippen molar-refractivity contribution in [1.29, 1.82) is 0 Å². The number of aromatic nitrogens is 1. The topological polar surface area (TPSA) is 83.6 Å². The van der Waals surface area contributed by atoms with Crippen LogP contribution in [0.4, 0.5) is 0 Å². The van der Waals surface area contributed by atoms with Gasteiger partial charge in [0.25, 0.3) is 5.91 Å². The molecule has 0 aliphatic carbocycles. The lowest BCUT2D eigenvalue weighted by molar-refractivity contribution is -0.143. The average Bonchev–Trinajstić information content (AvgIpc) is 2.75. The normalized spacial score (nSPS) is 20.3. The molecule has 2 heterocycles. The van der Waals surface area contributed by atoms with E-state index in [1.54, 1.807) is 6.92 Å². The van der Waals surface area contributed by atoms with Gasteiger partial charge >= 0.3 is 5.97 Å². The molecule has 2 rings (SSSR count). The van der Waals surface area contributed by atoms with Gasteiger partial charge in [-0.3, -0.25) is 4.79 Å². The molecule has 0 bridgehead atoms. The van der Waals surface area contributed by atoms with Gasteiger partial charge in [-0.05, 0) is 26.2 Å². The molecule has 1 atom stereocenters. The van der Waals surface area contributed by atoms with E-state index in [9.17, 15) is 9.59 Å². The van der Waals surface area contributed by atoms with Crippen molar-refractivity contribution < 1.29 is 19.2 Å². The van der Waals surface area contributed by atoms with Crippen LogP contribution in [0.3, 0.4) is 0 Å². The summed E-state index contributed by atoms with van der Waals surface area (Å²) in [4.78, 5) is 24.5. The summed E-state index contributed by atoms with van der Waals surface area (Å²) >= 11 is 0. The van der Waals surface area contributed by atoms with Crippen LogP contribution in [0.25, 0.3) is 0 Å². The molecule has 1 aliphatic rings. The Morgan fingerprint density at radius 2 is 2.29 bits per heavy atom. The van der Waals surface area contributed by atoms with Crippen LogP contribution in [0.15, 0.2) is 10.6 Å². The van der Waals surface area contributed by atoms with E-state index in [-0.39, 0.29) is 5.76 Å². The van der Waals surface area contributed by atoms with E-state index in [0.717, 1.165) is 12.8 Å². The largest absolute Gasteiger partial charge is 0.480 e. The quantitative estimate of drug-likeness (QED) is 0.832.